The molecule has 0 amide bonds. The fourth-order valence-corrected chi connectivity index (χ4v) is 9.75. The minimum atomic E-state index is -4.47. The Hall–Kier alpha value is -5.66. The van der Waals surface area contributed by atoms with Gasteiger partial charge < -0.3 is 35.2 Å². The number of rotatable bonds is 14. The summed E-state index contributed by atoms with van der Waals surface area (Å²) >= 11 is 0. The van der Waals surface area contributed by atoms with E-state index in [1.54, 1.807) is 0 Å². The van der Waals surface area contributed by atoms with Crippen LogP contribution in [0.2, 0.25) is 0 Å². The normalized spacial score (nSPS) is 16.7. The highest BCUT2D eigenvalue weighted by molar-refractivity contribution is 7.86. The predicted octanol–water partition coefficient (Wildman–Crippen LogP) is 7.48. The van der Waals surface area contributed by atoms with Crippen molar-refractivity contribution in [3.05, 3.63) is 144 Å². The summed E-state index contributed by atoms with van der Waals surface area (Å²) in [6.45, 7) is 13.4. The largest absolute Gasteiger partial charge is 0.619 e. The Morgan fingerprint density at radius 1 is 0.552 bits per heavy atom. The van der Waals surface area contributed by atoms with Gasteiger partial charge in [0, 0.05) is 61.2 Å². The second kappa shape index (κ2) is 24.9. The fourth-order valence-electron chi connectivity index (χ4n) is 8.34. The lowest BCUT2D eigenvalue weighted by Crippen LogP contribution is -2.35. The molecule has 4 heterocycles. The molecule has 2 aliphatic heterocycles. The van der Waals surface area contributed by atoms with Gasteiger partial charge in [0.2, 0.25) is 0 Å². The van der Waals surface area contributed by atoms with E-state index in [2.05, 4.69) is 23.6 Å². The molecule has 0 aliphatic carbocycles. The Labute approximate surface area is 394 Å². The van der Waals surface area contributed by atoms with Crippen molar-refractivity contribution in [1.29, 1.82) is 0 Å². The van der Waals surface area contributed by atoms with Crippen molar-refractivity contribution in [3.8, 4) is 33.8 Å². The van der Waals surface area contributed by atoms with Gasteiger partial charge in [0.15, 0.2) is 24.8 Å². The van der Waals surface area contributed by atoms with Crippen LogP contribution in [0, 0.1) is 22.3 Å². The molecule has 2 aliphatic rings. The maximum atomic E-state index is 11.2. The third-order valence-corrected chi connectivity index (χ3v) is 13.5. The van der Waals surface area contributed by atoms with Crippen molar-refractivity contribution >= 4 is 31.0 Å². The summed E-state index contributed by atoms with van der Waals surface area (Å²) in [6, 6.07) is 30.9. The van der Waals surface area contributed by atoms with Crippen LogP contribution in [0.5, 0.6) is 11.5 Å². The van der Waals surface area contributed by atoms with Gasteiger partial charge in [-0.2, -0.15) is 26.3 Å². The van der Waals surface area contributed by atoms with Crippen LogP contribution in [-0.2, 0) is 20.2 Å². The van der Waals surface area contributed by atoms with Crippen molar-refractivity contribution < 1.29 is 50.4 Å². The number of fused-ring (bicyclic) bond motifs is 1. The molecule has 4 N–H and O–H groups in total. The van der Waals surface area contributed by atoms with Gasteiger partial charge in [0.25, 0.3) is 20.2 Å². The molecule has 0 saturated carbocycles. The van der Waals surface area contributed by atoms with Crippen LogP contribution >= 0.6 is 0 Å². The molecule has 17 heteroatoms. The van der Waals surface area contributed by atoms with Crippen molar-refractivity contribution in [2.75, 3.05) is 52.5 Å². The average Bonchev–Trinajstić information content (AvgIpc) is 3.30. The number of nitrogens with zero attached hydrogens (tertiary/aromatic N) is 4. The summed E-state index contributed by atoms with van der Waals surface area (Å²) < 4.78 is 76.0. The van der Waals surface area contributed by atoms with Gasteiger partial charge in [0.1, 0.15) is 21.3 Å². The molecule has 2 aromatic heterocycles. The van der Waals surface area contributed by atoms with Crippen LogP contribution in [0.25, 0.3) is 33.0 Å². The molecule has 15 nitrogen and oxygen atoms in total. The SMILES string of the molecule is CC1CCCN(CCCOc2ccc(-c3cc[n+]([O-])cc3)cc2)C1.CC1CCCN(CCCOc2ccc(-c3cc[n+]([O-])cc3)cc2)C1.O.O=S(=O)(O)c1cccc2c(S(=O)(=O)O)cccc12. The second-order valence-corrected chi connectivity index (χ2v) is 19.8. The van der Waals surface area contributed by atoms with E-state index in [4.69, 9.17) is 18.6 Å². The van der Waals surface area contributed by atoms with Crippen molar-refractivity contribution in [1.82, 2.24) is 9.80 Å². The molecule has 2 fully saturated rings. The highest BCUT2D eigenvalue weighted by atomic mass is 32.2. The van der Waals surface area contributed by atoms with Gasteiger partial charge in [-0.15, -0.1) is 0 Å². The monoisotopic (exact) mass is 958 g/mol. The average molecular weight is 959 g/mol. The van der Waals surface area contributed by atoms with Crippen molar-refractivity contribution in [2.24, 2.45) is 11.8 Å². The standard InChI is InChI=1S/2C20H26N2O2.C10H8O6S2.H2O/c2*1-17-4-2-11-21(16-17)12-3-15-24-20-7-5-18(6-8-20)19-9-13-22(23)14-10-19;11-17(12,13)9-5-1-3-7-8(9)4-2-6-10(7)18(14,15)16;/h2*5-10,13-14,17H,2-4,11-12,15-16H2,1H3;1-6H,(H,11,12,13)(H,14,15,16);1H2. The maximum Gasteiger partial charge on any atom is 0.295 e. The van der Waals surface area contributed by atoms with Crippen LogP contribution in [0.15, 0.2) is 144 Å². The molecule has 2 saturated heterocycles. The first-order chi connectivity index (χ1) is 31.6. The number of ether oxygens (including phenoxy) is 2. The summed E-state index contributed by atoms with van der Waals surface area (Å²) in [7, 11) is -8.94. The van der Waals surface area contributed by atoms with E-state index in [1.807, 2.05) is 72.8 Å². The molecule has 67 heavy (non-hydrogen) atoms. The van der Waals surface area contributed by atoms with E-state index in [9.17, 15) is 27.3 Å². The highest BCUT2D eigenvalue weighted by Crippen LogP contribution is 2.28. The van der Waals surface area contributed by atoms with Crippen LogP contribution < -0.4 is 18.9 Å². The Morgan fingerprint density at radius 3 is 1.22 bits per heavy atom. The topological polar surface area (TPSA) is 219 Å². The number of hydrogen-bond acceptors (Lipinski definition) is 10. The fraction of sp³-hybridized carbons (Fsp3) is 0.360. The van der Waals surface area contributed by atoms with Gasteiger partial charge in [-0.1, -0.05) is 62.4 Å². The molecule has 0 bridgehead atoms. The number of likely N-dealkylation sites (tertiary alicyclic amines) is 2. The highest BCUT2D eigenvalue weighted by Gasteiger charge is 2.20. The molecule has 4 aromatic carbocycles. The maximum absolute atomic E-state index is 11.2. The Bertz CT molecular complexity index is 2490. The molecule has 6 aromatic rings. The second-order valence-electron chi connectivity index (χ2n) is 17.0. The number of aromatic nitrogens is 2. The minimum Gasteiger partial charge on any atom is -0.619 e. The molecular formula is C50H62N4O11S2. The zero-order valence-electron chi connectivity index (χ0n) is 38.0. The van der Waals surface area contributed by atoms with Crippen molar-refractivity contribution in [2.45, 2.75) is 62.2 Å². The van der Waals surface area contributed by atoms with E-state index in [0.29, 0.717) is 0 Å². The van der Waals surface area contributed by atoms with Gasteiger partial charge in [-0.05, 0) is 122 Å². The van der Waals surface area contributed by atoms with Gasteiger partial charge in [0.05, 0.1) is 13.2 Å². The Balaban J connectivity index is 0.000000189. The lowest BCUT2D eigenvalue weighted by molar-refractivity contribution is -0.605. The molecule has 0 spiro atoms. The van der Waals surface area contributed by atoms with E-state index in [-0.39, 0.29) is 16.2 Å². The smallest absolute Gasteiger partial charge is 0.295 e. The third-order valence-electron chi connectivity index (χ3n) is 11.6. The molecule has 360 valence electrons. The first-order valence-corrected chi connectivity index (χ1v) is 25.3. The summed E-state index contributed by atoms with van der Waals surface area (Å²) in [5.74, 6) is 3.48. The van der Waals surface area contributed by atoms with Crippen molar-refractivity contribution in [3.63, 3.8) is 0 Å². The molecule has 2 atom stereocenters. The van der Waals surface area contributed by atoms with Crippen LogP contribution in [0.1, 0.15) is 52.4 Å². The van der Waals surface area contributed by atoms with Gasteiger partial charge in [-0.25, -0.2) is 0 Å². The van der Waals surface area contributed by atoms with Crippen LogP contribution in [0.3, 0.4) is 0 Å². The van der Waals surface area contributed by atoms with Gasteiger partial charge >= 0.3 is 0 Å². The third kappa shape index (κ3) is 16.3. The molecule has 8 rings (SSSR count). The summed E-state index contributed by atoms with van der Waals surface area (Å²) in [4.78, 5) is 4.28. The number of hydrogen-bond donors (Lipinski definition) is 2. The van der Waals surface area contributed by atoms with E-state index >= 15 is 0 Å². The number of pyridine rings is 2. The summed E-state index contributed by atoms with van der Waals surface area (Å²) in [6.07, 6.45) is 13.6. The zero-order chi connectivity index (χ0) is 47.1. The van der Waals surface area contributed by atoms with E-state index in [0.717, 1.165) is 106 Å². The minimum absolute atomic E-state index is 0. The van der Waals surface area contributed by atoms with Crippen LogP contribution in [-0.4, -0.2) is 93.7 Å². The zero-order valence-corrected chi connectivity index (χ0v) is 39.7. The van der Waals surface area contributed by atoms with E-state index < -0.39 is 30.0 Å². The number of piperidine rings is 2. The van der Waals surface area contributed by atoms with Crippen LogP contribution in [0.4, 0.5) is 0 Å². The Morgan fingerprint density at radius 2 is 0.896 bits per heavy atom. The summed E-state index contributed by atoms with van der Waals surface area (Å²) in [5.41, 5.74) is 4.25. The molecule has 2 unspecified atom stereocenters. The summed E-state index contributed by atoms with van der Waals surface area (Å²) in [5, 5.41) is 22.2. The van der Waals surface area contributed by atoms with Gasteiger partial charge in [-0.3, -0.25) is 9.11 Å². The first kappa shape index (κ1) is 52.3. The predicted molar refractivity (Wildman–Crippen MR) is 259 cm³/mol. The quantitative estimate of drug-likeness (QED) is 0.0470. The lowest BCUT2D eigenvalue weighted by atomic mass is 10.0. The Kier molecular flexibility index (Phi) is 19.5. The lowest BCUT2D eigenvalue weighted by Gasteiger charge is -2.30. The van der Waals surface area contributed by atoms with E-state index in [1.165, 1.54) is 101 Å². The molecular weight excluding hydrogens is 897 g/mol. The number of benzene rings is 4. The first-order valence-electron chi connectivity index (χ1n) is 22.4. The molecule has 0 radical (unpaired) electrons.